The molecule has 4 nitrogen and oxygen atoms in total. The third kappa shape index (κ3) is 3.38. The Morgan fingerprint density at radius 2 is 1.67 bits per heavy atom. The van der Waals surface area contributed by atoms with Crippen LogP contribution >= 0.6 is 0 Å². The molecule has 1 unspecified atom stereocenters. The van der Waals surface area contributed by atoms with Gasteiger partial charge in [0.15, 0.2) is 0 Å². The van der Waals surface area contributed by atoms with Gasteiger partial charge in [0, 0.05) is 12.5 Å². The molecule has 4 rings (SSSR count). The molecule has 4 heteroatoms. The highest BCUT2D eigenvalue weighted by molar-refractivity contribution is 5.78. The van der Waals surface area contributed by atoms with E-state index in [2.05, 4.69) is 54.5 Å². The van der Waals surface area contributed by atoms with Gasteiger partial charge in [-0.25, -0.2) is 5.01 Å². The normalized spacial score (nSPS) is 16.0. The third-order valence-corrected chi connectivity index (χ3v) is 4.72. The highest BCUT2D eigenvalue weighted by atomic mass is 16.5. The Morgan fingerprint density at radius 1 is 0.926 bits per heavy atom. The lowest BCUT2D eigenvalue weighted by Gasteiger charge is -2.23. The van der Waals surface area contributed by atoms with Gasteiger partial charge in [-0.2, -0.15) is 0 Å². The first kappa shape index (κ1) is 17.2. The lowest BCUT2D eigenvalue weighted by molar-refractivity contribution is 0.216. The molecule has 3 aromatic rings. The quantitative estimate of drug-likeness (QED) is 0.614. The van der Waals surface area contributed by atoms with Gasteiger partial charge in [0.25, 0.3) is 0 Å². The maximum absolute atomic E-state index is 6.05. The smallest absolute Gasteiger partial charge is 0.219 e. The first-order chi connectivity index (χ1) is 13.2. The van der Waals surface area contributed by atoms with Gasteiger partial charge in [-0.05, 0) is 53.9 Å². The van der Waals surface area contributed by atoms with Crippen LogP contribution in [0.1, 0.15) is 24.3 Å². The second-order valence-electron chi connectivity index (χ2n) is 6.57. The van der Waals surface area contributed by atoms with E-state index in [0.717, 1.165) is 17.0 Å². The lowest BCUT2D eigenvalue weighted by atomic mass is 9.97. The Hall–Kier alpha value is -3.27. The minimum absolute atomic E-state index is 0.290. The van der Waals surface area contributed by atoms with Crippen molar-refractivity contribution in [3.63, 3.8) is 0 Å². The zero-order valence-corrected chi connectivity index (χ0v) is 15.7. The van der Waals surface area contributed by atoms with Gasteiger partial charge in [-0.1, -0.05) is 42.5 Å². The molecule has 0 spiro atoms. The molecule has 1 aliphatic heterocycles. The van der Waals surface area contributed by atoms with E-state index in [4.69, 9.17) is 9.47 Å². The van der Waals surface area contributed by atoms with E-state index >= 15 is 0 Å². The predicted octanol–water partition coefficient (Wildman–Crippen LogP) is 5.54. The molecule has 1 atom stereocenters. The van der Waals surface area contributed by atoms with Crippen LogP contribution in [0.4, 0.5) is 5.69 Å². The molecular formula is C23H22N2O2. The highest BCUT2D eigenvalue weighted by Gasteiger charge is 2.29. The summed E-state index contributed by atoms with van der Waals surface area (Å²) < 4.78 is 11.3. The van der Waals surface area contributed by atoms with Crippen molar-refractivity contribution in [2.24, 2.45) is 5.10 Å². The number of anilines is 1. The fourth-order valence-electron chi connectivity index (χ4n) is 3.30. The molecule has 0 bridgehead atoms. The molecule has 0 aliphatic carbocycles. The van der Waals surface area contributed by atoms with Gasteiger partial charge in [0.1, 0.15) is 5.75 Å². The molecular weight excluding hydrogens is 336 g/mol. The fourth-order valence-corrected chi connectivity index (χ4v) is 3.30. The van der Waals surface area contributed by atoms with Crippen LogP contribution in [0.3, 0.4) is 0 Å². The summed E-state index contributed by atoms with van der Waals surface area (Å²) in [5.74, 6) is 1.47. The standard InChI is InChI=1S/C23H22N2O2/c1-16-9-10-19(15-22(16)18-7-5-4-6-8-18)23-25(24-17(2)27-23)20-11-13-21(26-3)14-12-20/h4-15,23H,1-3H3. The van der Waals surface area contributed by atoms with Gasteiger partial charge in [-0.3, -0.25) is 0 Å². The van der Waals surface area contributed by atoms with E-state index < -0.39 is 0 Å². The molecule has 0 fully saturated rings. The van der Waals surface area contributed by atoms with E-state index in [9.17, 15) is 0 Å². The van der Waals surface area contributed by atoms with Crippen molar-refractivity contribution >= 4 is 11.6 Å². The van der Waals surface area contributed by atoms with Crippen LogP contribution in [0.25, 0.3) is 11.1 Å². The number of nitrogens with zero attached hydrogens (tertiary/aromatic N) is 2. The molecule has 136 valence electrons. The largest absolute Gasteiger partial charge is 0.497 e. The first-order valence-electron chi connectivity index (χ1n) is 8.97. The highest BCUT2D eigenvalue weighted by Crippen LogP contribution is 2.36. The summed E-state index contributed by atoms with van der Waals surface area (Å²) in [5.41, 5.74) is 5.66. The van der Waals surface area contributed by atoms with Crippen molar-refractivity contribution in [2.45, 2.75) is 20.1 Å². The minimum Gasteiger partial charge on any atom is -0.497 e. The Balaban J connectivity index is 1.71. The number of aryl methyl sites for hydroxylation is 1. The van der Waals surface area contributed by atoms with E-state index in [1.807, 2.05) is 42.3 Å². The Kier molecular flexibility index (Phi) is 4.55. The van der Waals surface area contributed by atoms with Crippen LogP contribution < -0.4 is 9.75 Å². The average molecular weight is 358 g/mol. The molecule has 1 aliphatic rings. The Labute approximate surface area is 159 Å². The number of ether oxygens (including phenoxy) is 2. The van der Waals surface area contributed by atoms with E-state index in [0.29, 0.717) is 5.90 Å². The fraction of sp³-hybridized carbons (Fsp3) is 0.174. The SMILES string of the molecule is COc1ccc(N2N=C(C)OC2c2ccc(C)c(-c3ccccc3)c2)cc1. The van der Waals surface area contributed by atoms with Crippen LogP contribution in [0.2, 0.25) is 0 Å². The van der Waals surface area contributed by atoms with Crippen molar-refractivity contribution in [3.05, 3.63) is 83.9 Å². The summed E-state index contributed by atoms with van der Waals surface area (Å²) in [4.78, 5) is 0. The second-order valence-corrected chi connectivity index (χ2v) is 6.57. The molecule has 1 heterocycles. The van der Waals surface area contributed by atoms with E-state index in [1.165, 1.54) is 16.7 Å². The van der Waals surface area contributed by atoms with Gasteiger partial charge in [0.2, 0.25) is 12.1 Å². The summed E-state index contributed by atoms with van der Waals surface area (Å²) in [6, 6.07) is 24.7. The number of hydrogen-bond donors (Lipinski definition) is 0. The number of hydrogen-bond acceptors (Lipinski definition) is 4. The van der Waals surface area contributed by atoms with Crippen molar-refractivity contribution < 1.29 is 9.47 Å². The maximum atomic E-state index is 6.05. The summed E-state index contributed by atoms with van der Waals surface area (Å²) in [7, 11) is 1.66. The number of hydrazone groups is 1. The predicted molar refractivity (Wildman–Crippen MR) is 109 cm³/mol. The molecule has 3 aromatic carbocycles. The van der Waals surface area contributed by atoms with Crippen LogP contribution in [-0.2, 0) is 4.74 Å². The number of rotatable bonds is 4. The molecule has 0 N–H and O–H groups in total. The maximum Gasteiger partial charge on any atom is 0.219 e. The third-order valence-electron chi connectivity index (χ3n) is 4.72. The molecule has 0 saturated heterocycles. The number of methoxy groups -OCH3 is 1. The zero-order valence-electron chi connectivity index (χ0n) is 15.7. The van der Waals surface area contributed by atoms with Crippen LogP contribution in [0.5, 0.6) is 5.75 Å². The van der Waals surface area contributed by atoms with E-state index in [1.54, 1.807) is 7.11 Å². The summed E-state index contributed by atoms with van der Waals surface area (Å²) in [6.07, 6.45) is -0.290. The summed E-state index contributed by atoms with van der Waals surface area (Å²) in [5, 5.41) is 6.49. The van der Waals surface area contributed by atoms with Crippen LogP contribution in [0.15, 0.2) is 77.9 Å². The van der Waals surface area contributed by atoms with Crippen molar-refractivity contribution in [2.75, 3.05) is 12.1 Å². The van der Waals surface area contributed by atoms with E-state index in [-0.39, 0.29) is 6.23 Å². The average Bonchev–Trinajstić information content (AvgIpc) is 3.11. The van der Waals surface area contributed by atoms with Gasteiger partial charge >= 0.3 is 0 Å². The molecule has 0 radical (unpaired) electrons. The number of benzene rings is 3. The molecule has 27 heavy (non-hydrogen) atoms. The van der Waals surface area contributed by atoms with Crippen LogP contribution in [-0.4, -0.2) is 13.0 Å². The van der Waals surface area contributed by atoms with Crippen molar-refractivity contribution in [1.29, 1.82) is 0 Å². The van der Waals surface area contributed by atoms with Crippen molar-refractivity contribution in [3.8, 4) is 16.9 Å². The molecule has 0 amide bonds. The van der Waals surface area contributed by atoms with Gasteiger partial charge in [0.05, 0.1) is 12.8 Å². The topological polar surface area (TPSA) is 34.1 Å². The minimum atomic E-state index is -0.290. The Bertz CT molecular complexity index is 965. The summed E-state index contributed by atoms with van der Waals surface area (Å²) >= 11 is 0. The van der Waals surface area contributed by atoms with Crippen LogP contribution in [0, 0.1) is 6.92 Å². The second kappa shape index (κ2) is 7.16. The summed E-state index contributed by atoms with van der Waals surface area (Å²) in [6.45, 7) is 4.01. The lowest BCUT2D eigenvalue weighted by Crippen LogP contribution is -2.20. The van der Waals surface area contributed by atoms with Crippen molar-refractivity contribution in [1.82, 2.24) is 0 Å². The Morgan fingerprint density at radius 3 is 2.37 bits per heavy atom. The zero-order chi connectivity index (χ0) is 18.8. The monoisotopic (exact) mass is 358 g/mol. The molecule has 0 saturated carbocycles. The molecule has 0 aromatic heterocycles. The first-order valence-corrected chi connectivity index (χ1v) is 8.97. The van der Waals surface area contributed by atoms with Gasteiger partial charge < -0.3 is 9.47 Å². The van der Waals surface area contributed by atoms with Gasteiger partial charge in [-0.15, -0.1) is 5.10 Å².